The molecule has 2 N–H and O–H groups in total. The van der Waals surface area contributed by atoms with Crippen LogP contribution in [0.5, 0.6) is 0 Å². The molecule has 0 spiro atoms. The lowest BCUT2D eigenvalue weighted by Crippen LogP contribution is -2.44. The van der Waals surface area contributed by atoms with Crippen LogP contribution < -0.4 is 9.66 Å². The smallest absolute Gasteiger partial charge is 0.410 e. The van der Waals surface area contributed by atoms with E-state index in [0.717, 1.165) is 0 Å². The van der Waals surface area contributed by atoms with Crippen LogP contribution in [0.25, 0.3) is 11.0 Å². The van der Waals surface area contributed by atoms with Gasteiger partial charge in [-0.15, -0.1) is 0 Å². The number of para-hydroxylation sites is 1. The Morgan fingerprint density at radius 2 is 1.83 bits per heavy atom. The largest absolute Gasteiger partial charge is 0.449 e. The van der Waals surface area contributed by atoms with Crippen LogP contribution >= 0.6 is 16.1 Å². The van der Waals surface area contributed by atoms with Crippen molar-refractivity contribution in [2.24, 2.45) is 11.7 Å². The molecule has 0 aliphatic carbocycles. The van der Waals surface area contributed by atoms with Crippen molar-refractivity contribution in [2.45, 2.75) is 39.2 Å². The van der Waals surface area contributed by atoms with Gasteiger partial charge in [-0.05, 0) is 45.7 Å². The number of carbonyl (C=O) groups is 3. The molecule has 9 heteroatoms. The van der Waals surface area contributed by atoms with Crippen molar-refractivity contribution in [3.63, 3.8) is 0 Å². The molecule has 3 rings (SSSR count). The molecule has 1 aromatic heterocycles. The first-order valence-corrected chi connectivity index (χ1v) is 10.1. The average molecular weight is 466 g/mol. The second kappa shape index (κ2) is 8.06. The van der Waals surface area contributed by atoms with Crippen LogP contribution in [0, 0.1) is 5.92 Å². The fourth-order valence-electron chi connectivity index (χ4n) is 3.30. The molecular weight excluding hydrogens is 442 g/mol. The summed E-state index contributed by atoms with van der Waals surface area (Å²) in [7, 11) is 0. The van der Waals surface area contributed by atoms with Gasteiger partial charge in [-0.1, -0.05) is 12.1 Å². The van der Waals surface area contributed by atoms with Crippen LogP contribution in [0.2, 0.25) is 0 Å². The van der Waals surface area contributed by atoms with E-state index in [1.807, 2.05) is 20.8 Å². The predicted octanol–water partition coefficient (Wildman–Crippen LogP) is 3.82. The molecule has 3 amide bonds. The molecule has 2 heterocycles. The molecule has 2 aromatic rings. The number of hydrogen-bond acceptors (Lipinski definition) is 5. The van der Waals surface area contributed by atoms with E-state index in [9.17, 15) is 14.4 Å². The minimum atomic E-state index is -0.756. The normalized spacial score (nSPS) is 15.4. The number of anilines is 1. The molecule has 0 saturated carbocycles. The minimum absolute atomic E-state index is 0.0809. The van der Waals surface area contributed by atoms with E-state index in [1.165, 1.54) is 3.93 Å². The molecule has 0 radical (unpaired) electrons. The van der Waals surface area contributed by atoms with Gasteiger partial charge >= 0.3 is 6.09 Å². The lowest BCUT2D eigenvalue weighted by atomic mass is 9.96. The van der Waals surface area contributed by atoms with Crippen molar-refractivity contribution < 1.29 is 23.5 Å². The highest BCUT2D eigenvalue weighted by Gasteiger charge is 2.34. The Hall–Kier alpha value is -2.55. The van der Waals surface area contributed by atoms with Gasteiger partial charge in [0.25, 0.3) is 5.91 Å². The monoisotopic (exact) mass is 465 g/mol. The maximum atomic E-state index is 13.1. The van der Waals surface area contributed by atoms with Gasteiger partial charge in [0.05, 0.1) is 16.1 Å². The van der Waals surface area contributed by atoms with Gasteiger partial charge in [0.1, 0.15) is 16.9 Å². The van der Waals surface area contributed by atoms with Crippen molar-refractivity contribution in [3.8, 4) is 0 Å². The number of amides is 3. The first-order valence-electron chi connectivity index (χ1n) is 9.37. The highest BCUT2D eigenvalue weighted by Crippen LogP contribution is 2.37. The van der Waals surface area contributed by atoms with Crippen LogP contribution in [-0.2, 0) is 9.53 Å². The summed E-state index contributed by atoms with van der Waals surface area (Å²) >= 11 is 3.30. The van der Waals surface area contributed by atoms with Crippen molar-refractivity contribution in [3.05, 3.63) is 30.0 Å². The number of rotatable bonds is 3. The molecule has 1 aliphatic rings. The van der Waals surface area contributed by atoms with Gasteiger partial charge in [-0.25, -0.2) is 8.72 Å². The number of piperidine rings is 1. The Kier molecular flexibility index (Phi) is 5.88. The summed E-state index contributed by atoms with van der Waals surface area (Å²) in [4.78, 5) is 38.7. The minimum Gasteiger partial charge on any atom is -0.449 e. The number of nitrogens with zero attached hydrogens (tertiary/aromatic N) is 2. The van der Waals surface area contributed by atoms with E-state index < -0.39 is 11.5 Å². The Morgan fingerprint density at radius 1 is 1.21 bits per heavy atom. The number of primary amides is 1. The van der Waals surface area contributed by atoms with Gasteiger partial charge in [0.15, 0.2) is 0 Å². The summed E-state index contributed by atoms with van der Waals surface area (Å²) in [5, 5.41) is 0.609. The number of ether oxygens (including phenoxy) is 1. The zero-order valence-corrected chi connectivity index (χ0v) is 18.2. The number of nitrogens with two attached hydrogens (primary N) is 1. The third-order valence-corrected chi connectivity index (χ3v) is 5.38. The van der Waals surface area contributed by atoms with E-state index in [0.29, 0.717) is 42.6 Å². The Balaban J connectivity index is 1.74. The molecule has 0 atom stereocenters. The first-order chi connectivity index (χ1) is 13.6. The number of fused-ring (bicyclic) bond motifs is 1. The van der Waals surface area contributed by atoms with E-state index in [-0.39, 0.29) is 23.7 Å². The Morgan fingerprint density at radius 3 is 2.41 bits per heavy atom. The highest BCUT2D eigenvalue weighted by atomic mass is 79.9. The van der Waals surface area contributed by atoms with Gasteiger partial charge in [-0.2, -0.15) is 0 Å². The second-order valence-electron chi connectivity index (χ2n) is 8.00. The Labute approximate surface area is 177 Å². The lowest BCUT2D eigenvalue weighted by Gasteiger charge is -2.33. The zero-order valence-electron chi connectivity index (χ0n) is 16.6. The quantitative estimate of drug-likeness (QED) is 0.693. The van der Waals surface area contributed by atoms with Crippen molar-refractivity contribution in [1.82, 2.24) is 4.90 Å². The van der Waals surface area contributed by atoms with E-state index in [2.05, 4.69) is 16.1 Å². The van der Waals surface area contributed by atoms with Crippen LogP contribution in [0.3, 0.4) is 0 Å². The molecule has 0 bridgehead atoms. The van der Waals surface area contributed by atoms with Crippen LogP contribution in [0.1, 0.15) is 44.2 Å². The van der Waals surface area contributed by atoms with E-state index >= 15 is 0 Å². The molecule has 156 valence electrons. The second-order valence-corrected chi connectivity index (χ2v) is 8.71. The predicted molar refractivity (Wildman–Crippen MR) is 112 cm³/mol. The molecule has 1 saturated heterocycles. The van der Waals surface area contributed by atoms with Crippen LogP contribution in [0.4, 0.5) is 10.5 Å². The maximum absolute atomic E-state index is 13.1. The standard InChI is InChI=1S/C20H24BrN3O5/c1-20(2,3)29-19(27)23-10-8-12(9-11-23)18(26)24(21)15-13-6-4-5-7-14(13)28-16(15)17(22)25/h4-7,12H,8-11H2,1-3H3,(H2,22,25). The lowest BCUT2D eigenvalue weighted by molar-refractivity contribution is -0.122. The molecule has 0 unspecified atom stereocenters. The number of benzene rings is 1. The number of furan rings is 1. The van der Waals surface area contributed by atoms with Gasteiger partial charge in [-0.3, -0.25) is 9.59 Å². The topological polar surface area (TPSA) is 106 Å². The summed E-state index contributed by atoms with van der Waals surface area (Å²) in [5.74, 6) is -1.37. The summed E-state index contributed by atoms with van der Waals surface area (Å²) in [6.45, 7) is 6.28. The van der Waals surface area contributed by atoms with Gasteiger partial charge in [0, 0.05) is 24.4 Å². The van der Waals surface area contributed by atoms with Crippen molar-refractivity contribution >= 4 is 50.7 Å². The molecule has 1 aliphatic heterocycles. The van der Waals surface area contributed by atoms with E-state index in [1.54, 1.807) is 29.2 Å². The number of hydrogen-bond donors (Lipinski definition) is 1. The zero-order chi connectivity index (χ0) is 21.3. The number of halogens is 1. The maximum Gasteiger partial charge on any atom is 0.410 e. The molecule has 1 aromatic carbocycles. The van der Waals surface area contributed by atoms with Crippen molar-refractivity contribution in [1.29, 1.82) is 0 Å². The summed E-state index contributed by atoms with van der Waals surface area (Å²) in [6.07, 6.45) is 0.597. The third-order valence-electron chi connectivity index (χ3n) is 4.68. The highest BCUT2D eigenvalue weighted by molar-refractivity contribution is 9.10. The summed E-state index contributed by atoms with van der Waals surface area (Å²) < 4.78 is 12.2. The number of likely N-dealkylation sites (tertiary alicyclic amines) is 1. The summed E-state index contributed by atoms with van der Waals surface area (Å²) in [6, 6.07) is 7.02. The Bertz CT molecular complexity index is 941. The number of carbonyl (C=O) groups excluding carboxylic acids is 3. The third kappa shape index (κ3) is 4.55. The van der Waals surface area contributed by atoms with Crippen molar-refractivity contribution in [2.75, 3.05) is 17.0 Å². The fraction of sp³-hybridized carbons (Fsp3) is 0.450. The van der Waals surface area contributed by atoms with Crippen LogP contribution in [0.15, 0.2) is 28.7 Å². The first kappa shape index (κ1) is 21.2. The molecule has 1 fully saturated rings. The molecule has 29 heavy (non-hydrogen) atoms. The SMILES string of the molecule is CC(C)(C)OC(=O)N1CCC(C(=O)N(Br)c2c(C(N)=O)oc3ccccc23)CC1. The average Bonchev–Trinajstić information content (AvgIpc) is 3.05. The van der Waals surface area contributed by atoms with E-state index in [4.69, 9.17) is 14.9 Å². The van der Waals surface area contributed by atoms with Crippen LogP contribution in [-0.4, -0.2) is 41.5 Å². The van der Waals surface area contributed by atoms with Gasteiger partial charge in [0.2, 0.25) is 11.7 Å². The molecular formula is C20H24BrN3O5. The fourth-order valence-corrected chi connectivity index (χ4v) is 3.94. The van der Waals surface area contributed by atoms with Gasteiger partial charge < -0.3 is 19.8 Å². The molecule has 8 nitrogen and oxygen atoms in total. The summed E-state index contributed by atoms with van der Waals surface area (Å²) in [5.41, 5.74) is 5.65.